The Morgan fingerprint density at radius 1 is 1.00 bits per heavy atom. The zero-order valence-electron chi connectivity index (χ0n) is 12.6. The van der Waals surface area contributed by atoms with Gasteiger partial charge in [-0.05, 0) is 30.7 Å². The van der Waals surface area contributed by atoms with Crippen molar-refractivity contribution in [1.29, 1.82) is 0 Å². The molecular formula is C18H19N3O. The van der Waals surface area contributed by atoms with Crippen LogP contribution < -0.4 is 10.1 Å². The van der Waals surface area contributed by atoms with Crippen molar-refractivity contribution in [1.82, 2.24) is 9.97 Å². The van der Waals surface area contributed by atoms with E-state index in [0.29, 0.717) is 6.54 Å². The molecule has 0 amide bonds. The summed E-state index contributed by atoms with van der Waals surface area (Å²) in [7, 11) is 0. The van der Waals surface area contributed by atoms with E-state index in [9.17, 15) is 0 Å². The summed E-state index contributed by atoms with van der Waals surface area (Å²) in [5, 5.41) is 4.41. The standard InChI is InChI=1S/C18H19N3O/c1-2-14(22-15-8-4-3-5-9-15)12-19-18-16-10-6-7-11-17(16)20-13-21-18/h3-11,13-14H,2,12H2,1H3,(H,19,20,21). The lowest BCUT2D eigenvalue weighted by atomic mass is 10.2. The summed E-state index contributed by atoms with van der Waals surface area (Å²) in [5.74, 6) is 1.74. The Kier molecular flexibility index (Phi) is 4.49. The number of para-hydroxylation sites is 2. The SMILES string of the molecule is CCC(CNc1ncnc2ccccc12)Oc1ccccc1. The first kappa shape index (κ1) is 14.3. The molecule has 0 aliphatic carbocycles. The summed E-state index contributed by atoms with van der Waals surface area (Å²) in [6.07, 6.45) is 2.60. The van der Waals surface area contributed by atoms with E-state index in [1.54, 1.807) is 6.33 Å². The first-order valence-electron chi connectivity index (χ1n) is 7.52. The summed E-state index contributed by atoms with van der Waals surface area (Å²) in [6.45, 7) is 2.82. The van der Waals surface area contributed by atoms with E-state index in [1.807, 2.05) is 54.6 Å². The molecule has 1 unspecified atom stereocenters. The fraction of sp³-hybridized carbons (Fsp3) is 0.222. The van der Waals surface area contributed by atoms with Gasteiger partial charge in [-0.1, -0.05) is 37.3 Å². The molecule has 1 heterocycles. The van der Waals surface area contributed by atoms with E-state index >= 15 is 0 Å². The molecule has 0 saturated heterocycles. The smallest absolute Gasteiger partial charge is 0.137 e. The van der Waals surface area contributed by atoms with Gasteiger partial charge < -0.3 is 10.1 Å². The summed E-state index contributed by atoms with van der Waals surface area (Å²) in [5.41, 5.74) is 0.942. The monoisotopic (exact) mass is 293 g/mol. The third kappa shape index (κ3) is 3.34. The van der Waals surface area contributed by atoms with E-state index in [2.05, 4.69) is 22.2 Å². The minimum atomic E-state index is 0.0936. The predicted molar refractivity (Wildman–Crippen MR) is 89.2 cm³/mol. The molecule has 0 fully saturated rings. The number of benzene rings is 2. The largest absolute Gasteiger partial charge is 0.489 e. The van der Waals surface area contributed by atoms with Crippen LogP contribution in [0.5, 0.6) is 5.75 Å². The number of ether oxygens (including phenoxy) is 1. The number of nitrogens with zero attached hydrogens (tertiary/aromatic N) is 2. The number of anilines is 1. The first-order valence-corrected chi connectivity index (χ1v) is 7.52. The van der Waals surface area contributed by atoms with Gasteiger partial charge in [0.15, 0.2) is 0 Å². The van der Waals surface area contributed by atoms with E-state index in [0.717, 1.165) is 28.9 Å². The van der Waals surface area contributed by atoms with E-state index < -0.39 is 0 Å². The zero-order valence-corrected chi connectivity index (χ0v) is 12.6. The Balaban J connectivity index is 1.69. The van der Waals surface area contributed by atoms with Gasteiger partial charge in [0.25, 0.3) is 0 Å². The molecule has 22 heavy (non-hydrogen) atoms. The van der Waals surface area contributed by atoms with Crippen LogP contribution in [0, 0.1) is 0 Å². The van der Waals surface area contributed by atoms with Crippen LogP contribution in [-0.4, -0.2) is 22.6 Å². The van der Waals surface area contributed by atoms with Crippen molar-refractivity contribution in [3.63, 3.8) is 0 Å². The number of hydrogen-bond acceptors (Lipinski definition) is 4. The van der Waals surface area contributed by atoms with Gasteiger partial charge in [0.1, 0.15) is 24.0 Å². The van der Waals surface area contributed by atoms with Gasteiger partial charge in [0.05, 0.1) is 12.1 Å². The van der Waals surface area contributed by atoms with Crippen LogP contribution in [-0.2, 0) is 0 Å². The van der Waals surface area contributed by atoms with Gasteiger partial charge in [-0.15, -0.1) is 0 Å². The highest BCUT2D eigenvalue weighted by molar-refractivity contribution is 5.88. The van der Waals surface area contributed by atoms with E-state index in [1.165, 1.54) is 0 Å². The molecule has 0 spiro atoms. The van der Waals surface area contributed by atoms with Gasteiger partial charge in [0, 0.05) is 5.39 Å². The van der Waals surface area contributed by atoms with Crippen LogP contribution in [0.3, 0.4) is 0 Å². The Hall–Kier alpha value is -2.62. The molecule has 4 nitrogen and oxygen atoms in total. The molecule has 3 rings (SSSR count). The van der Waals surface area contributed by atoms with Crippen LogP contribution in [0.25, 0.3) is 10.9 Å². The normalized spacial score (nSPS) is 12.0. The number of rotatable bonds is 6. The highest BCUT2D eigenvalue weighted by Crippen LogP contribution is 2.19. The minimum Gasteiger partial charge on any atom is -0.489 e. The van der Waals surface area contributed by atoms with Gasteiger partial charge in [-0.3, -0.25) is 0 Å². The Labute approximate surface area is 130 Å². The number of fused-ring (bicyclic) bond motifs is 1. The number of aromatic nitrogens is 2. The van der Waals surface area contributed by atoms with Crippen molar-refractivity contribution in [2.45, 2.75) is 19.4 Å². The Bertz CT molecular complexity index is 725. The second-order valence-electron chi connectivity index (χ2n) is 5.08. The van der Waals surface area contributed by atoms with Crippen LogP contribution >= 0.6 is 0 Å². The number of nitrogens with one attached hydrogen (secondary N) is 1. The molecule has 0 aliphatic heterocycles. The molecule has 0 aliphatic rings. The van der Waals surface area contributed by atoms with Gasteiger partial charge in [-0.25, -0.2) is 9.97 Å². The second kappa shape index (κ2) is 6.89. The van der Waals surface area contributed by atoms with E-state index in [4.69, 9.17) is 4.74 Å². The van der Waals surface area contributed by atoms with Crippen LogP contribution in [0.2, 0.25) is 0 Å². The third-order valence-electron chi connectivity index (χ3n) is 3.54. The lowest BCUT2D eigenvalue weighted by Crippen LogP contribution is -2.25. The molecule has 3 aromatic rings. The maximum atomic E-state index is 5.99. The quantitative estimate of drug-likeness (QED) is 0.748. The molecular weight excluding hydrogens is 274 g/mol. The molecule has 1 atom stereocenters. The third-order valence-corrected chi connectivity index (χ3v) is 3.54. The van der Waals surface area contributed by atoms with Crippen molar-refractivity contribution in [2.24, 2.45) is 0 Å². The van der Waals surface area contributed by atoms with Gasteiger partial charge in [-0.2, -0.15) is 0 Å². The fourth-order valence-corrected chi connectivity index (χ4v) is 2.32. The lowest BCUT2D eigenvalue weighted by Gasteiger charge is -2.19. The fourth-order valence-electron chi connectivity index (χ4n) is 2.32. The molecule has 0 bridgehead atoms. The molecule has 1 aromatic heterocycles. The molecule has 4 heteroatoms. The van der Waals surface area contributed by atoms with Crippen LogP contribution in [0.15, 0.2) is 60.9 Å². The molecule has 1 N–H and O–H groups in total. The van der Waals surface area contributed by atoms with Crippen molar-refractivity contribution < 1.29 is 4.74 Å². The van der Waals surface area contributed by atoms with Gasteiger partial charge in [0.2, 0.25) is 0 Å². The summed E-state index contributed by atoms with van der Waals surface area (Å²) >= 11 is 0. The van der Waals surface area contributed by atoms with Crippen molar-refractivity contribution in [3.8, 4) is 5.75 Å². The maximum absolute atomic E-state index is 5.99. The second-order valence-corrected chi connectivity index (χ2v) is 5.08. The first-order chi connectivity index (χ1) is 10.9. The van der Waals surface area contributed by atoms with Crippen molar-refractivity contribution in [2.75, 3.05) is 11.9 Å². The average Bonchev–Trinajstić information content (AvgIpc) is 2.59. The summed E-state index contributed by atoms with van der Waals surface area (Å²) < 4.78 is 5.99. The highest BCUT2D eigenvalue weighted by Gasteiger charge is 2.09. The Morgan fingerprint density at radius 3 is 2.59 bits per heavy atom. The minimum absolute atomic E-state index is 0.0936. The topological polar surface area (TPSA) is 47.0 Å². The maximum Gasteiger partial charge on any atom is 0.137 e. The molecule has 0 saturated carbocycles. The van der Waals surface area contributed by atoms with E-state index in [-0.39, 0.29) is 6.10 Å². The molecule has 0 radical (unpaired) electrons. The summed E-state index contributed by atoms with van der Waals surface area (Å²) in [4.78, 5) is 8.62. The lowest BCUT2D eigenvalue weighted by molar-refractivity contribution is 0.210. The van der Waals surface area contributed by atoms with Crippen LogP contribution in [0.4, 0.5) is 5.82 Å². The van der Waals surface area contributed by atoms with Crippen molar-refractivity contribution >= 4 is 16.7 Å². The molecule has 112 valence electrons. The van der Waals surface area contributed by atoms with Crippen molar-refractivity contribution in [3.05, 3.63) is 60.9 Å². The van der Waals surface area contributed by atoms with Gasteiger partial charge >= 0.3 is 0 Å². The Morgan fingerprint density at radius 2 is 1.77 bits per heavy atom. The highest BCUT2D eigenvalue weighted by atomic mass is 16.5. The number of hydrogen-bond donors (Lipinski definition) is 1. The summed E-state index contributed by atoms with van der Waals surface area (Å²) in [6, 6.07) is 17.9. The molecule has 2 aromatic carbocycles. The van der Waals surface area contributed by atoms with Crippen LogP contribution in [0.1, 0.15) is 13.3 Å². The zero-order chi connectivity index (χ0) is 15.2. The average molecular weight is 293 g/mol. The predicted octanol–water partition coefficient (Wildman–Crippen LogP) is 3.90.